The molecule has 0 spiro atoms. The number of alkyl carbamates (subject to hydrolysis) is 2. The zero-order valence-corrected chi connectivity index (χ0v) is 33.0. The molecule has 0 radical (unpaired) electrons. The Kier molecular flexibility index (Phi) is 10.7. The summed E-state index contributed by atoms with van der Waals surface area (Å²) in [6.07, 6.45) is 5.02. The fourth-order valence-electron chi connectivity index (χ4n) is 6.62. The summed E-state index contributed by atoms with van der Waals surface area (Å²) in [5.74, 6) is 2.28. The van der Waals surface area contributed by atoms with Crippen molar-refractivity contribution in [3.05, 3.63) is 83.7 Å². The van der Waals surface area contributed by atoms with Crippen molar-refractivity contribution in [2.24, 2.45) is 10.8 Å². The topological polar surface area (TPSA) is 134 Å². The third kappa shape index (κ3) is 9.63. The van der Waals surface area contributed by atoms with Crippen molar-refractivity contribution in [2.75, 3.05) is 0 Å². The Balaban J connectivity index is 1.25. The SMILES string of the molecule is CC(C)(C)OC(=O)NC(c1ncc(-c2ccc(C3CCC3c3ccc(-c4cnc(C(NC(=O)OC(C)(C)C)C(C)(C)C)[nH]4)cc3)cc2)[nH]1)C(C)(C)C. The van der Waals surface area contributed by atoms with Crippen molar-refractivity contribution in [3.8, 4) is 22.5 Å². The summed E-state index contributed by atoms with van der Waals surface area (Å²) in [7, 11) is 0. The summed E-state index contributed by atoms with van der Waals surface area (Å²) in [5, 5.41) is 6.02. The summed E-state index contributed by atoms with van der Waals surface area (Å²) in [6.45, 7) is 23.5. The fraction of sp³-hybridized carbons (Fsp3) is 0.524. The molecule has 1 aliphatic rings. The molecule has 4 atom stereocenters. The molecule has 2 amide bonds. The normalized spacial score (nSPS) is 17.8. The number of rotatable bonds is 8. The molecule has 5 rings (SSSR count). The maximum atomic E-state index is 12.6. The van der Waals surface area contributed by atoms with Gasteiger partial charge in [-0.1, -0.05) is 90.1 Å². The van der Waals surface area contributed by atoms with E-state index in [1.807, 2.05) is 53.9 Å². The number of amides is 2. The molecular weight excluding hydrogens is 652 g/mol. The van der Waals surface area contributed by atoms with E-state index in [4.69, 9.17) is 9.47 Å². The third-order valence-electron chi connectivity index (χ3n) is 9.37. The molecule has 0 aliphatic heterocycles. The number of nitrogens with zero attached hydrogens (tertiary/aromatic N) is 2. The van der Waals surface area contributed by atoms with Crippen molar-refractivity contribution < 1.29 is 19.1 Å². The maximum absolute atomic E-state index is 12.6. The van der Waals surface area contributed by atoms with Crippen LogP contribution in [0.25, 0.3) is 22.5 Å². The third-order valence-corrected chi connectivity index (χ3v) is 9.37. The summed E-state index contributed by atoms with van der Waals surface area (Å²) < 4.78 is 11.0. The summed E-state index contributed by atoms with van der Waals surface area (Å²) in [4.78, 5) is 41.5. The maximum Gasteiger partial charge on any atom is 0.408 e. The summed E-state index contributed by atoms with van der Waals surface area (Å²) in [6, 6.07) is 16.8. The number of benzene rings is 2. The lowest BCUT2D eigenvalue weighted by atomic mass is 9.67. The number of nitrogens with one attached hydrogen (secondary N) is 4. The van der Waals surface area contributed by atoms with Crippen LogP contribution in [0.4, 0.5) is 9.59 Å². The van der Waals surface area contributed by atoms with Crippen LogP contribution in [0.3, 0.4) is 0 Å². The quantitative estimate of drug-likeness (QED) is 0.144. The Hall–Kier alpha value is -4.60. The number of hydrogen-bond donors (Lipinski definition) is 4. The molecule has 2 aromatic heterocycles. The molecule has 0 saturated heterocycles. The number of aromatic nitrogens is 4. The van der Waals surface area contributed by atoms with Gasteiger partial charge in [-0.2, -0.15) is 0 Å². The monoisotopic (exact) mass is 710 g/mol. The Bertz CT molecular complexity index is 1690. The molecule has 280 valence electrons. The lowest BCUT2D eigenvalue weighted by molar-refractivity contribution is 0.0448. The van der Waals surface area contributed by atoms with Crippen molar-refractivity contribution >= 4 is 12.2 Å². The van der Waals surface area contributed by atoms with Crippen molar-refractivity contribution in [1.29, 1.82) is 0 Å². The largest absolute Gasteiger partial charge is 0.444 e. The van der Waals surface area contributed by atoms with E-state index in [2.05, 4.69) is 121 Å². The van der Waals surface area contributed by atoms with Crippen LogP contribution in [0.2, 0.25) is 0 Å². The first-order chi connectivity index (χ1) is 24.1. The van der Waals surface area contributed by atoms with Crippen molar-refractivity contribution in [2.45, 2.75) is 131 Å². The Morgan fingerprint density at radius 2 is 0.923 bits per heavy atom. The van der Waals surface area contributed by atoms with Crippen LogP contribution >= 0.6 is 0 Å². The van der Waals surface area contributed by atoms with Gasteiger partial charge in [0.2, 0.25) is 0 Å². The number of carbonyl (C=O) groups is 2. The minimum absolute atomic E-state index is 0.287. The molecular formula is C42H58N6O4. The molecule has 1 saturated carbocycles. The van der Waals surface area contributed by atoms with Gasteiger partial charge in [-0.25, -0.2) is 19.6 Å². The second-order valence-corrected chi connectivity index (χ2v) is 18.3. The zero-order chi connectivity index (χ0) is 38.2. The molecule has 4 aromatic rings. The van der Waals surface area contributed by atoms with E-state index in [1.165, 1.54) is 11.1 Å². The Morgan fingerprint density at radius 3 is 1.19 bits per heavy atom. The molecule has 0 bridgehead atoms. The predicted octanol–water partition coefficient (Wildman–Crippen LogP) is 10.4. The molecule has 4 unspecified atom stereocenters. The summed E-state index contributed by atoms with van der Waals surface area (Å²) in [5.41, 5.74) is 4.80. The highest BCUT2D eigenvalue weighted by Gasteiger charge is 2.35. The number of H-pyrrole nitrogens is 2. The van der Waals surface area contributed by atoms with E-state index in [-0.39, 0.29) is 22.9 Å². The molecule has 2 aromatic carbocycles. The van der Waals surface area contributed by atoms with Crippen LogP contribution in [0, 0.1) is 10.8 Å². The van der Waals surface area contributed by atoms with E-state index in [0.717, 1.165) is 35.4 Å². The average Bonchev–Trinajstić information content (AvgIpc) is 3.67. The van der Waals surface area contributed by atoms with E-state index >= 15 is 0 Å². The van der Waals surface area contributed by atoms with Gasteiger partial charge in [0.05, 0.1) is 35.9 Å². The average molecular weight is 711 g/mol. The Morgan fingerprint density at radius 1 is 0.596 bits per heavy atom. The second-order valence-electron chi connectivity index (χ2n) is 18.3. The van der Waals surface area contributed by atoms with Gasteiger partial charge in [-0.15, -0.1) is 0 Å². The summed E-state index contributed by atoms with van der Waals surface area (Å²) >= 11 is 0. The van der Waals surface area contributed by atoms with Gasteiger partial charge in [-0.05, 0) is 99.3 Å². The van der Waals surface area contributed by atoms with Crippen molar-refractivity contribution in [3.63, 3.8) is 0 Å². The predicted molar refractivity (Wildman–Crippen MR) is 206 cm³/mol. The van der Waals surface area contributed by atoms with Crippen LogP contribution in [0.15, 0.2) is 60.9 Å². The van der Waals surface area contributed by atoms with Crippen LogP contribution in [-0.4, -0.2) is 43.3 Å². The van der Waals surface area contributed by atoms with Gasteiger partial charge in [0, 0.05) is 0 Å². The standard InChI is InChI=1S/C42H58N6O4/c1-39(2,3)33(47-37(49)51-41(7,8)9)35-43-23-31(45-35)27-17-13-25(14-18-27)29-21-22-30(29)26-15-19-28(20-16-26)32-24-44-36(46-32)34(40(4,5)6)48-38(50)52-42(10,11)12/h13-20,23-24,29-30,33-34H,21-22H2,1-12H3,(H,43,45)(H,44,46)(H,47,49)(H,48,50). The smallest absolute Gasteiger partial charge is 0.408 e. The van der Waals surface area contributed by atoms with Crippen LogP contribution in [0.1, 0.15) is 143 Å². The number of ether oxygens (including phenoxy) is 2. The van der Waals surface area contributed by atoms with E-state index < -0.39 is 23.4 Å². The first-order valence-corrected chi connectivity index (χ1v) is 18.4. The van der Waals surface area contributed by atoms with Crippen LogP contribution in [0.5, 0.6) is 0 Å². The van der Waals surface area contributed by atoms with Crippen LogP contribution in [-0.2, 0) is 9.47 Å². The lowest BCUT2D eigenvalue weighted by Crippen LogP contribution is -2.40. The minimum Gasteiger partial charge on any atom is -0.444 e. The number of carbonyl (C=O) groups excluding carboxylic acids is 2. The van der Waals surface area contributed by atoms with Gasteiger partial charge in [0.15, 0.2) is 0 Å². The number of imidazole rings is 2. The van der Waals surface area contributed by atoms with Gasteiger partial charge in [0.25, 0.3) is 0 Å². The van der Waals surface area contributed by atoms with Gasteiger partial charge in [0.1, 0.15) is 22.9 Å². The molecule has 1 aliphatic carbocycles. The fourth-order valence-corrected chi connectivity index (χ4v) is 6.62. The zero-order valence-electron chi connectivity index (χ0n) is 33.0. The number of aromatic amines is 2. The van der Waals surface area contributed by atoms with E-state index in [0.29, 0.717) is 23.5 Å². The molecule has 10 nitrogen and oxygen atoms in total. The highest BCUT2D eigenvalue weighted by molar-refractivity contribution is 5.69. The number of hydrogen-bond acceptors (Lipinski definition) is 6. The second kappa shape index (κ2) is 14.4. The first kappa shape index (κ1) is 38.6. The first-order valence-electron chi connectivity index (χ1n) is 18.4. The van der Waals surface area contributed by atoms with E-state index in [1.54, 1.807) is 0 Å². The minimum atomic E-state index is -0.586. The van der Waals surface area contributed by atoms with Gasteiger partial charge < -0.3 is 30.1 Å². The van der Waals surface area contributed by atoms with Gasteiger partial charge >= 0.3 is 12.2 Å². The molecule has 2 heterocycles. The molecule has 52 heavy (non-hydrogen) atoms. The lowest BCUT2D eigenvalue weighted by Gasteiger charge is -2.37. The van der Waals surface area contributed by atoms with Crippen molar-refractivity contribution in [1.82, 2.24) is 30.6 Å². The van der Waals surface area contributed by atoms with Crippen LogP contribution < -0.4 is 10.6 Å². The highest BCUT2D eigenvalue weighted by atomic mass is 16.6. The van der Waals surface area contributed by atoms with Gasteiger partial charge in [-0.3, -0.25) is 0 Å². The Labute approximate surface area is 309 Å². The molecule has 1 fully saturated rings. The van der Waals surface area contributed by atoms with E-state index in [9.17, 15) is 9.59 Å². The molecule has 10 heteroatoms. The highest BCUT2D eigenvalue weighted by Crippen LogP contribution is 2.49. The molecule has 4 N–H and O–H groups in total.